The molecule has 1 saturated carbocycles. The maximum atomic E-state index is 11.9. The first kappa shape index (κ1) is 12.0. The number of pyridine rings is 1. The molecule has 4 nitrogen and oxygen atoms in total. The standard InChI is InChI=1S/C13H18N2O2/c1-9-12(3-2-6-14-9)13(17)15-8-10-4-5-11(16)7-10/h2-3,6,10-11,16H,4-5,7-8H2,1H3,(H,15,17). The molecule has 1 amide bonds. The molecule has 2 atom stereocenters. The molecule has 92 valence electrons. The molecule has 1 aromatic rings. The van der Waals surface area contributed by atoms with Gasteiger partial charge in [0.15, 0.2) is 0 Å². The Labute approximate surface area is 101 Å². The van der Waals surface area contributed by atoms with Gasteiger partial charge in [-0.25, -0.2) is 0 Å². The Bertz CT molecular complexity index is 406. The van der Waals surface area contributed by atoms with Crippen molar-refractivity contribution in [2.75, 3.05) is 6.54 Å². The molecule has 0 aromatic carbocycles. The molecule has 0 aliphatic heterocycles. The lowest BCUT2D eigenvalue weighted by molar-refractivity contribution is 0.0944. The van der Waals surface area contributed by atoms with Gasteiger partial charge >= 0.3 is 0 Å². The first-order chi connectivity index (χ1) is 8.16. The monoisotopic (exact) mass is 234 g/mol. The molecule has 0 saturated heterocycles. The molecule has 0 bridgehead atoms. The molecule has 2 N–H and O–H groups in total. The number of nitrogens with zero attached hydrogens (tertiary/aromatic N) is 1. The minimum absolute atomic E-state index is 0.0722. The first-order valence-electron chi connectivity index (χ1n) is 6.04. The lowest BCUT2D eigenvalue weighted by Crippen LogP contribution is -2.29. The fraction of sp³-hybridized carbons (Fsp3) is 0.538. The average molecular weight is 234 g/mol. The molecule has 1 heterocycles. The van der Waals surface area contributed by atoms with Crippen LogP contribution in [0.5, 0.6) is 0 Å². The van der Waals surface area contributed by atoms with Crippen molar-refractivity contribution >= 4 is 5.91 Å². The van der Waals surface area contributed by atoms with Gasteiger partial charge in [0, 0.05) is 18.4 Å². The van der Waals surface area contributed by atoms with Crippen LogP contribution in [0.1, 0.15) is 35.3 Å². The van der Waals surface area contributed by atoms with Crippen molar-refractivity contribution in [3.05, 3.63) is 29.6 Å². The molecule has 4 heteroatoms. The summed E-state index contributed by atoms with van der Waals surface area (Å²) in [5.74, 6) is 0.336. The molecular formula is C13H18N2O2. The average Bonchev–Trinajstić information content (AvgIpc) is 2.73. The van der Waals surface area contributed by atoms with Gasteiger partial charge in [-0.05, 0) is 44.2 Å². The lowest BCUT2D eigenvalue weighted by atomic mass is 10.1. The predicted octanol–water partition coefficient (Wildman–Crippen LogP) is 1.28. The molecule has 0 radical (unpaired) electrons. The fourth-order valence-corrected chi connectivity index (χ4v) is 2.29. The smallest absolute Gasteiger partial charge is 0.253 e. The zero-order chi connectivity index (χ0) is 12.3. The van der Waals surface area contributed by atoms with E-state index in [1.54, 1.807) is 18.3 Å². The summed E-state index contributed by atoms with van der Waals surface area (Å²) in [6.07, 6.45) is 4.14. The third kappa shape index (κ3) is 3.03. The van der Waals surface area contributed by atoms with E-state index in [9.17, 15) is 9.90 Å². The van der Waals surface area contributed by atoms with E-state index in [1.165, 1.54) is 0 Å². The molecule has 2 rings (SSSR count). The number of aryl methyl sites for hydroxylation is 1. The van der Waals surface area contributed by atoms with Crippen molar-refractivity contribution in [3.8, 4) is 0 Å². The number of aliphatic hydroxyl groups is 1. The number of carbonyl (C=O) groups is 1. The van der Waals surface area contributed by atoms with E-state index in [0.717, 1.165) is 25.0 Å². The highest BCUT2D eigenvalue weighted by atomic mass is 16.3. The zero-order valence-electron chi connectivity index (χ0n) is 10.0. The van der Waals surface area contributed by atoms with Crippen LogP contribution in [0.2, 0.25) is 0 Å². The van der Waals surface area contributed by atoms with Crippen LogP contribution < -0.4 is 5.32 Å². The van der Waals surface area contributed by atoms with E-state index in [4.69, 9.17) is 0 Å². The van der Waals surface area contributed by atoms with E-state index >= 15 is 0 Å². The Morgan fingerprint density at radius 3 is 3.06 bits per heavy atom. The van der Waals surface area contributed by atoms with Crippen LogP contribution in [-0.2, 0) is 0 Å². The molecule has 1 aliphatic rings. The van der Waals surface area contributed by atoms with E-state index in [1.807, 2.05) is 6.92 Å². The van der Waals surface area contributed by atoms with Crippen LogP contribution in [0.4, 0.5) is 0 Å². The van der Waals surface area contributed by atoms with Gasteiger partial charge in [-0.3, -0.25) is 9.78 Å². The van der Waals surface area contributed by atoms with Crippen molar-refractivity contribution in [1.29, 1.82) is 0 Å². The summed E-state index contributed by atoms with van der Waals surface area (Å²) in [7, 11) is 0. The van der Waals surface area contributed by atoms with Gasteiger partial charge in [0.2, 0.25) is 0 Å². The van der Waals surface area contributed by atoms with Crippen LogP contribution in [-0.4, -0.2) is 28.6 Å². The van der Waals surface area contributed by atoms with E-state index in [0.29, 0.717) is 18.0 Å². The summed E-state index contributed by atoms with van der Waals surface area (Å²) in [6, 6.07) is 3.54. The number of aliphatic hydroxyl groups excluding tert-OH is 1. The minimum atomic E-state index is -0.183. The third-order valence-corrected chi connectivity index (χ3v) is 3.32. The van der Waals surface area contributed by atoms with Crippen LogP contribution >= 0.6 is 0 Å². The highest BCUT2D eigenvalue weighted by molar-refractivity contribution is 5.95. The number of rotatable bonds is 3. The quantitative estimate of drug-likeness (QED) is 0.828. The number of hydrogen-bond donors (Lipinski definition) is 2. The summed E-state index contributed by atoms with van der Waals surface area (Å²) in [5, 5.41) is 12.3. The van der Waals surface area contributed by atoms with Crippen molar-refractivity contribution in [1.82, 2.24) is 10.3 Å². The van der Waals surface area contributed by atoms with Crippen molar-refractivity contribution in [2.45, 2.75) is 32.3 Å². The lowest BCUT2D eigenvalue weighted by Gasteiger charge is -2.11. The van der Waals surface area contributed by atoms with Gasteiger partial charge in [0.1, 0.15) is 0 Å². The third-order valence-electron chi connectivity index (χ3n) is 3.32. The van der Waals surface area contributed by atoms with Crippen molar-refractivity contribution < 1.29 is 9.90 Å². The first-order valence-corrected chi connectivity index (χ1v) is 6.04. The zero-order valence-corrected chi connectivity index (χ0v) is 10.0. The molecule has 0 spiro atoms. The summed E-state index contributed by atoms with van der Waals surface area (Å²) in [5.41, 5.74) is 1.38. The number of amides is 1. The van der Waals surface area contributed by atoms with E-state index < -0.39 is 0 Å². The van der Waals surface area contributed by atoms with Crippen LogP contribution in [0.25, 0.3) is 0 Å². The second-order valence-corrected chi connectivity index (χ2v) is 4.68. The van der Waals surface area contributed by atoms with Gasteiger partial charge in [-0.2, -0.15) is 0 Å². The number of nitrogens with one attached hydrogen (secondary N) is 1. The number of carbonyl (C=O) groups excluding carboxylic acids is 1. The Morgan fingerprint density at radius 2 is 2.41 bits per heavy atom. The summed E-state index contributed by atoms with van der Waals surface area (Å²) in [4.78, 5) is 16.0. The van der Waals surface area contributed by atoms with Gasteiger partial charge in [-0.1, -0.05) is 0 Å². The summed E-state index contributed by atoms with van der Waals surface area (Å²) < 4.78 is 0. The summed E-state index contributed by atoms with van der Waals surface area (Å²) in [6.45, 7) is 2.47. The molecule has 1 aliphatic carbocycles. The van der Waals surface area contributed by atoms with Crippen LogP contribution in [0.15, 0.2) is 18.3 Å². The Morgan fingerprint density at radius 1 is 1.59 bits per heavy atom. The SMILES string of the molecule is Cc1ncccc1C(=O)NCC1CCC(O)C1. The van der Waals surface area contributed by atoms with Crippen LogP contribution in [0, 0.1) is 12.8 Å². The largest absolute Gasteiger partial charge is 0.393 e. The van der Waals surface area contributed by atoms with Crippen molar-refractivity contribution in [3.63, 3.8) is 0 Å². The Balaban J connectivity index is 1.88. The molecule has 1 aromatic heterocycles. The van der Waals surface area contributed by atoms with Crippen molar-refractivity contribution in [2.24, 2.45) is 5.92 Å². The van der Waals surface area contributed by atoms with Gasteiger partial charge in [0.05, 0.1) is 11.7 Å². The fourth-order valence-electron chi connectivity index (χ4n) is 2.29. The maximum Gasteiger partial charge on any atom is 0.253 e. The highest BCUT2D eigenvalue weighted by Crippen LogP contribution is 2.24. The van der Waals surface area contributed by atoms with Gasteiger partial charge < -0.3 is 10.4 Å². The number of aromatic nitrogens is 1. The molecule has 1 fully saturated rings. The van der Waals surface area contributed by atoms with Gasteiger partial charge in [-0.15, -0.1) is 0 Å². The molecular weight excluding hydrogens is 216 g/mol. The Kier molecular flexibility index (Phi) is 3.74. The van der Waals surface area contributed by atoms with E-state index in [2.05, 4.69) is 10.3 Å². The second-order valence-electron chi connectivity index (χ2n) is 4.68. The van der Waals surface area contributed by atoms with Crippen LogP contribution in [0.3, 0.4) is 0 Å². The Hall–Kier alpha value is -1.42. The molecule has 2 unspecified atom stereocenters. The number of hydrogen-bond acceptors (Lipinski definition) is 3. The van der Waals surface area contributed by atoms with Gasteiger partial charge in [0.25, 0.3) is 5.91 Å². The topological polar surface area (TPSA) is 62.2 Å². The van der Waals surface area contributed by atoms with E-state index in [-0.39, 0.29) is 12.0 Å². The predicted molar refractivity (Wildman–Crippen MR) is 64.7 cm³/mol. The summed E-state index contributed by atoms with van der Waals surface area (Å²) >= 11 is 0. The normalized spacial score (nSPS) is 23.6. The minimum Gasteiger partial charge on any atom is -0.393 e. The maximum absolute atomic E-state index is 11.9. The molecule has 17 heavy (non-hydrogen) atoms. The second kappa shape index (κ2) is 5.27. The highest BCUT2D eigenvalue weighted by Gasteiger charge is 2.23.